The van der Waals surface area contributed by atoms with Crippen molar-refractivity contribution in [3.05, 3.63) is 75.5 Å². The molecule has 8 nitrogen and oxygen atoms in total. The summed E-state index contributed by atoms with van der Waals surface area (Å²) in [6.07, 6.45) is -3.54. The first-order valence-electron chi connectivity index (χ1n) is 8.90. The van der Waals surface area contributed by atoms with Gasteiger partial charge in [-0.05, 0) is 30.7 Å². The topological polar surface area (TPSA) is 93.3 Å². The minimum Gasteiger partial charge on any atom is -0.355 e. The van der Waals surface area contributed by atoms with Crippen LogP contribution in [0.25, 0.3) is 10.7 Å². The Balaban J connectivity index is 2.14. The number of aromatic nitrogens is 3. The molecule has 0 unspecified atom stereocenters. The molecule has 0 atom stereocenters. The number of amides is 2. The lowest BCUT2D eigenvalue weighted by Gasteiger charge is -2.15. The number of benzene rings is 1. The summed E-state index contributed by atoms with van der Waals surface area (Å²) in [6, 6.07) is 6.11. The van der Waals surface area contributed by atoms with E-state index in [1.807, 2.05) is 0 Å². The van der Waals surface area contributed by atoms with E-state index < -0.39 is 29.4 Å². The molecule has 3 rings (SSSR count). The Morgan fingerprint density at radius 1 is 1.22 bits per heavy atom. The third-order valence-corrected chi connectivity index (χ3v) is 4.63. The molecule has 0 spiro atoms. The molecule has 2 aromatic heterocycles. The van der Waals surface area contributed by atoms with E-state index in [4.69, 9.17) is 18.2 Å². The SMILES string of the molecule is [C-]#[N+]c1cc(C)c(NC(=O)c2cc(C(F)(F)F)nn2-c2ncccc2Cl)c(C(=O)NC)c1. The van der Waals surface area contributed by atoms with Gasteiger partial charge in [0.15, 0.2) is 17.2 Å². The summed E-state index contributed by atoms with van der Waals surface area (Å²) >= 11 is 6.05. The van der Waals surface area contributed by atoms with Crippen molar-refractivity contribution in [2.24, 2.45) is 0 Å². The molecule has 2 amide bonds. The molecule has 1 aromatic carbocycles. The zero-order chi connectivity index (χ0) is 23.6. The zero-order valence-corrected chi connectivity index (χ0v) is 17.3. The summed E-state index contributed by atoms with van der Waals surface area (Å²) < 4.78 is 40.6. The van der Waals surface area contributed by atoms with Crippen molar-refractivity contribution in [1.29, 1.82) is 0 Å². The number of carbonyl (C=O) groups excluding carboxylic acids is 2. The van der Waals surface area contributed by atoms with Gasteiger partial charge in [0.2, 0.25) is 0 Å². The second-order valence-corrected chi connectivity index (χ2v) is 6.87. The van der Waals surface area contributed by atoms with Crippen molar-refractivity contribution in [3.8, 4) is 5.82 Å². The highest BCUT2D eigenvalue weighted by Gasteiger charge is 2.36. The Morgan fingerprint density at radius 2 is 1.94 bits per heavy atom. The minimum atomic E-state index is -4.83. The molecule has 2 heterocycles. The lowest BCUT2D eigenvalue weighted by atomic mass is 10.1. The maximum Gasteiger partial charge on any atom is 0.435 e. The zero-order valence-electron chi connectivity index (χ0n) is 16.6. The van der Waals surface area contributed by atoms with E-state index in [0.29, 0.717) is 16.3 Å². The Labute approximate surface area is 184 Å². The molecule has 0 aliphatic carbocycles. The van der Waals surface area contributed by atoms with Gasteiger partial charge in [-0.15, -0.1) is 0 Å². The van der Waals surface area contributed by atoms with Crippen molar-refractivity contribution < 1.29 is 22.8 Å². The maximum absolute atomic E-state index is 13.3. The molecular weight excluding hydrogens is 449 g/mol. The molecular formula is C20H14ClF3N6O2. The second-order valence-electron chi connectivity index (χ2n) is 6.46. The fraction of sp³-hybridized carbons (Fsp3) is 0.150. The van der Waals surface area contributed by atoms with E-state index in [2.05, 4.69) is 25.6 Å². The third-order valence-electron chi connectivity index (χ3n) is 4.33. The predicted molar refractivity (Wildman–Crippen MR) is 110 cm³/mol. The Kier molecular flexibility index (Phi) is 6.18. The number of nitrogens with one attached hydrogen (secondary N) is 2. The van der Waals surface area contributed by atoms with Crippen LogP contribution in [0.5, 0.6) is 0 Å². The molecule has 0 bridgehead atoms. The number of alkyl halides is 3. The number of hydrogen-bond donors (Lipinski definition) is 2. The highest BCUT2D eigenvalue weighted by atomic mass is 35.5. The van der Waals surface area contributed by atoms with Crippen LogP contribution in [0.4, 0.5) is 24.5 Å². The van der Waals surface area contributed by atoms with Gasteiger partial charge in [0.05, 0.1) is 22.8 Å². The molecule has 0 saturated carbocycles. The quantitative estimate of drug-likeness (QED) is 0.562. The lowest BCUT2D eigenvalue weighted by Crippen LogP contribution is -2.23. The molecule has 0 aliphatic rings. The van der Waals surface area contributed by atoms with Crippen LogP contribution in [0.1, 0.15) is 32.1 Å². The fourth-order valence-corrected chi connectivity index (χ4v) is 3.07. The van der Waals surface area contributed by atoms with Crippen molar-refractivity contribution in [3.63, 3.8) is 0 Å². The minimum absolute atomic E-state index is 0.0233. The van der Waals surface area contributed by atoms with Gasteiger partial charge in [0.25, 0.3) is 11.8 Å². The first kappa shape index (κ1) is 22.8. The summed E-state index contributed by atoms with van der Waals surface area (Å²) in [6.45, 7) is 8.70. The molecule has 164 valence electrons. The average Bonchev–Trinajstić information content (AvgIpc) is 3.20. The number of carbonyl (C=O) groups is 2. The molecule has 3 aromatic rings. The summed E-state index contributed by atoms with van der Waals surface area (Å²) in [5, 5.41) is 8.29. The van der Waals surface area contributed by atoms with E-state index in [1.54, 1.807) is 6.92 Å². The molecule has 2 N–H and O–H groups in total. The van der Waals surface area contributed by atoms with E-state index in [9.17, 15) is 22.8 Å². The highest BCUT2D eigenvalue weighted by Crippen LogP contribution is 2.32. The Bertz CT molecular complexity index is 1260. The van der Waals surface area contributed by atoms with Gasteiger partial charge < -0.3 is 10.6 Å². The monoisotopic (exact) mass is 462 g/mol. The maximum atomic E-state index is 13.3. The number of hydrogen-bond acceptors (Lipinski definition) is 4. The molecule has 0 aliphatic heterocycles. The number of aryl methyl sites for hydroxylation is 1. The van der Waals surface area contributed by atoms with E-state index >= 15 is 0 Å². The smallest absolute Gasteiger partial charge is 0.355 e. The molecule has 12 heteroatoms. The molecule has 32 heavy (non-hydrogen) atoms. The summed E-state index contributed by atoms with van der Waals surface area (Å²) in [7, 11) is 1.36. The van der Waals surface area contributed by atoms with Crippen LogP contribution < -0.4 is 10.6 Å². The standard InChI is InChI=1S/C20H14ClF3N6O2/c1-10-7-11(25-2)8-12(18(31)26-3)16(10)28-19(32)14-9-15(20(22,23)24)29-30(14)17-13(21)5-4-6-27-17/h4-9H,1,3H3,(H,26,31)(H,28,32). The highest BCUT2D eigenvalue weighted by molar-refractivity contribution is 6.32. The van der Waals surface area contributed by atoms with Gasteiger partial charge in [-0.3, -0.25) is 9.59 Å². The fourth-order valence-electron chi connectivity index (χ4n) is 2.87. The summed E-state index contributed by atoms with van der Waals surface area (Å²) in [5.41, 5.74) is -1.29. The van der Waals surface area contributed by atoms with Crippen LogP contribution in [0.2, 0.25) is 5.02 Å². The Hall–Kier alpha value is -3.91. The van der Waals surface area contributed by atoms with Crippen LogP contribution >= 0.6 is 11.6 Å². The number of pyridine rings is 1. The van der Waals surface area contributed by atoms with Crippen LogP contribution in [-0.4, -0.2) is 33.6 Å². The predicted octanol–water partition coefficient (Wildman–Crippen LogP) is 4.41. The number of rotatable bonds is 4. The van der Waals surface area contributed by atoms with E-state index in [-0.39, 0.29) is 27.8 Å². The van der Waals surface area contributed by atoms with Gasteiger partial charge in [-0.1, -0.05) is 17.7 Å². The van der Waals surface area contributed by atoms with Gasteiger partial charge in [-0.2, -0.15) is 18.3 Å². The summed E-state index contributed by atoms with van der Waals surface area (Å²) in [4.78, 5) is 32.5. The van der Waals surface area contributed by atoms with E-state index in [1.165, 1.54) is 37.5 Å². The van der Waals surface area contributed by atoms with Gasteiger partial charge in [0.1, 0.15) is 5.69 Å². The second kappa shape index (κ2) is 8.68. The number of halogens is 4. The molecule has 0 fully saturated rings. The first-order chi connectivity index (χ1) is 15.1. The van der Waals surface area contributed by atoms with E-state index in [0.717, 1.165) is 0 Å². The normalized spacial score (nSPS) is 11.0. The van der Waals surface area contributed by atoms with Crippen LogP contribution in [0, 0.1) is 13.5 Å². The number of nitrogens with zero attached hydrogens (tertiary/aromatic N) is 4. The van der Waals surface area contributed by atoms with Crippen molar-refractivity contribution in [2.45, 2.75) is 13.1 Å². The molecule has 0 radical (unpaired) electrons. The van der Waals surface area contributed by atoms with Gasteiger partial charge >= 0.3 is 6.18 Å². The van der Waals surface area contributed by atoms with Gasteiger partial charge in [-0.25, -0.2) is 14.5 Å². The average molecular weight is 463 g/mol. The lowest BCUT2D eigenvalue weighted by molar-refractivity contribution is -0.141. The van der Waals surface area contributed by atoms with Gasteiger partial charge in [0, 0.05) is 19.3 Å². The Morgan fingerprint density at radius 3 is 2.53 bits per heavy atom. The van der Waals surface area contributed by atoms with Crippen molar-refractivity contribution >= 4 is 34.8 Å². The van der Waals surface area contributed by atoms with Crippen molar-refractivity contribution in [1.82, 2.24) is 20.1 Å². The summed E-state index contributed by atoms with van der Waals surface area (Å²) in [5.74, 6) is -1.76. The molecule has 0 saturated heterocycles. The van der Waals surface area contributed by atoms with Crippen LogP contribution in [0.3, 0.4) is 0 Å². The third kappa shape index (κ3) is 4.40. The first-order valence-corrected chi connectivity index (χ1v) is 9.28. The van der Waals surface area contributed by atoms with Crippen LogP contribution in [-0.2, 0) is 6.18 Å². The van der Waals surface area contributed by atoms with Crippen LogP contribution in [0.15, 0.2) is 36.5 Å². The largest absolute Gasteiger partial charge is 0.435 e. The number of anilines is 1. The van der Waals surface area contributed by atoms with Crippen molar-refractivity contribution in [2.75, 3.05) is 12.4 Å².